The summed E-state index contributed by atoms with van der Waals surface area (Å²) in [6, 6.07) is 5.58. The van der Waals surface area contributed by atoms with E-state index in [1.807, 2.05) is 18.2 Å². The van der Waals surface area contributed by atoms with E-state index in [9.17, 15) is 0 Å². The quantitative estimate of drug-likeness (QED) is 0.749. The molecule has 0 aliphatic heterocycles. The molecule has 0 bridgehead atoms. The molecule has 0 saturated heterocycles. The molecule has 0 saturated carbocycles. The van der Waals surface area contributed by atoms with Crippen molar-refractivity contribution in [2.24, 2.45) is 0 Å². The number of pyridine rings is 1. The van der Waals surface area contributed by atoms with Gasteiger partial charge in [-0.2, -0.15) is 0 Å². The summed E-state index contributed by atoms with van der Waals surface area (Å²) in [6.07, 6.45) is 3.92. The molecule has 0 fully saturated rings. The molecule has 4 nitrogen and oxygen atoms in total. The van der Waals surface area contributed by atoms with Gasteiger partial charge in [-0.05, 0) is 23.8 Å². The molecular weight excluding hydrogens is 178 g/mol. The molecule has 14 heavy (non-hydrogen) atoms. The van der Waals surface area contributed by atoms with Crippen molar-refractivity contribution in [2.45, 2.75) is 6.42 Å². The van der Waals surface area contributed by atoms with Crippen LogP contribution in [-0.4, -0.2) is 4.98 Å². The van der Waals surface area contributed by atoms with Crippen LogP contribution in [0.4, 0.5) is 11.5 Å². The van der Waals surface area contributed by atoms with Gasteiger partial charge in [0.2, 0.25) is 0 Å². The minimum Gasteiger partial charge on any atom is -0.469 e. The number of nitrogen functional groups attached to an aromatic ring is 2. The molecule has 0 aliphatic carbocycles. The molecule has 0 radical (unpaired) electrons. The first-order chi connectivity index (χ1) is 6.77. The van der Waals surface area contributed by atoms with E-state index in [4.69, 9.17) is 15.9 Å². The maximum atomic E-state index is 5.77. The Kier molecular flexibility index (Phi) is 2.10. The zero-order valence-electron chi connectivity index (χ0n) is 7.60. The van der Waals surface area contributed by atoms with E-state index >= 15 is 0 Å². The molecule has 0 aromatic carbocycles. The van der Waals surface area contributed by atoms with Crippen molar-refractivity contribution in [1.82, 2.24) is 4.98 Å². The Bertz CT molecular complexity index is 423. The third-order valence-electron chi connectivity index (χ3n) is 2.06. The van der Waals surface area contributed by atoms with Crippen LogP contribution in [0.25, 0.3) is 0 Å². The summed E-state index contributed by atoms with van der Waals surface area (Å²) in [7, 11) is 0. The van der Waals surface area contributed by atoms with Crippen LogP contribution >= 0.6 is 0 Å². The van der Waals surface area contributed by atoms with Crippen molar-refractivity contribution < 1.29 is 4.42 Å². The van der Waals surface area contributed by atoms with Gasteiger partial charge in [0.25, 0.3) is 0 Å². The van der Waals surface area contributed by atoms with Crippen molar-refractivity contribution in [1.29, 1.82) is 0 Å². The van der Waals surface area contributed by atoms with E-state index in [1.54, 1.807) is 12.5 Å². The van der Waals surface area contributed by atoms with Gasteiger partial charge in [-0.1, -0.05) is 0 Å². The average Bonchev–Trinajstić information content (AvgIpc) is 2.66. The second kappa shape index (κ2) is 3.41. The lowest BCUT2D eigenvalue weighted by Gasteiger charge is -2.04. The van der Waals surface area contributed by atoms with Crippen molar-refractivity contribution in [2.75, 3.05) is 11.5 Å². The topological polar surface area (TPSA) is 78.1 Å². The van der Waals surface area contributed by atoms with Crippen LogP contribution in [0.2, 0.25) is 0 Å². The van der Waals surface area contributed by atoms with Crippen molar-refractivity contribution in [3.63, 3.8) is 0 Å². The van der Waals surface area contributed by atoms with Crippen LogP contribution in [0.15, 0.2) is 35.1 Å². The lowest BCUT2D eigenvalue weighted by atomic mass is 10.1. The van der Waals surface area contributed by atoms with E-state index in [2.05, 4.69) is 4.98 Å². The number of hydrogen-bond acceptors (Lipinski definition) is 4. The fourth-order valence-electron chi connectivity index (χ4n) is 1.29. The molecule has 0 aliphatic rings. The number of furan rings is 1. The van der Waals surface area contributed by atoms with Crippen molar-refractivity contribution in [3.05, 3.63) is 42.0 Å². The van der Waals surface area contributed by atoms with E-state index in [-0.39, 0.29) is 0 Å². The summed E-state index contributed by atoms with van der Waals surface area (Å²) in [6.45, 7) is 0. The SMILES string of the molecule is Nc1nccc(Cc2ccco2)c1N. The van der Waals surface area contributed by atoms with E-state index in [0.29, 0.717) is 17.9 Å². The van der Waals surface area contributed by atoms with Gasteiger partial charge in [-0.15, -0.1) is 0 Å². The van der Waals surface area contributed by atoms with Crippen LogP contribution < -0.4 is 11.5 Å². The number of rotatable bonds is 2. The van der Waals surface area contributed by atoms with E-state index in [1.165, 1.54) is 0 Å². The van der Waals surface area contributed by atoms with Crippen LogP contribution in [0.1, 0.15) is 11.3 Å². The zero-order valence-corrected chi connectivity index (χ0v) is 7.60. The third kappa shape index (κ3) is 1.54. The van der Waals surface area contributed by atoms with E-state index < -0.39 is 0 Å². The summed E-state index contributed by atoms with van der Waals surface area (Å²) in [5, 5.41) is 0. The van der Waals surface area contributed by atoms with Gasteiger partial charge in [0.1, 0.15) is 11.6 Å². The highest BCUT2D eigenvalue weighted by Crippen LogP contribution is 2.20. The molecule has 2 rings (SSSR count). The summed E-state index contributed by atoms with van der Waals surface area (Å²) in [5.41, 5.74) is 12.8. The van der Waals surface area contributed by atoms with Crippen LogP contribution in [0, 0.1) is 0 Å². The maximum absolute atomic E-state index is 5.77. The lowest BCUT2D eigenvalue weighted by molar-refractivity contribution is 0.521. The van der Waals surface area contributed by atoms with Gasteiger partial charge in [-0.3, -0.25) is 0 Å². The minimum atomic E-state index is 0.369. The first-order valence-electron chi connectivity index (χ1n) is 4.28. The van der Waals surface area contributed by atoms with Gasteiger partial charge in [0.15, 0.2) is 0 Å². The molecular formula is C10H11N3O. The molecule has 2 heterocycles. The number of nitrogens with two attached hydrogens (primary N) is 2. The maximum Gasteiger partial charge on any atom is 0.146 e. The van der Waals surface area contributed by atoms with Gasteiger partial charge in [0.05, 0.1) is 12.0 Å². The number of nitrogens with zero attached hydrogens (tertiary/aromatic N) is 1. The molecule has 0 unspecified atom stereocenters. The highest BCUT2D eigenvalue weighted by molar-refractivity contribution is 5.63. The highest BCUT2D eigenvalue weighted by Gasteiger charge is 2.05. The second-order valence-electron chi connectivity index (χ2n) is 3.03. The van der Waals surface area contributed by atoms with Crippen LogP contribution in [-0.2, 0) is 6.42 Å². The predicted octanol–water partition coefficient (Wildman–Crippen LogP) is 1.43. The molecule has 0 spiro atoms. The standard InChI is InChI=1S/C10H11N3O/c11-9-7(3-4-13-10(9)12)6-8-2-1-5-14-8/h1-5H,6,11H2,(H2,12,13). The van der Waals surface area contributed by atoms with Crippen LogP contribution in [0.3, 0.4) is 0 Å². The van der Waals surface area contributed by atoms with Gasteiger partial charge in [-0.25, -0.2) is 4.98 Å². The second-order valence-corrected chi connectivity index (χ2v) is 3.03. The molecule has 4 N–H and O–H groups in total. The van der Waals surface area contributed by atoms with Crippen LogP contribution in [0.5, 0.6) is 0 Å². The van der Waals surface area contributed by atoms with Gasteiger partial charge in [0, 0.05) is 12.6 Å². The molecule has 0 amide bonds. The molecule has 72 valence electrons. The predicted molar refractivity (Wildman–Crippen MR) is 54.6 cm³/mol. The fourth-order valence-corrected chi connectivity index (χ4v) is 1.29. The molecule has 4 heteroatoms. The molecule has 2 aromatic rings. The third-order valence-corrected chi connectivity index (χ3v) is 2.06. The first kappa shape index (κ1) is 8.62. The Labute approximate surface area is 81.5 Å². The normalized spacial score (nSPS) is 10.3. The largest absolute Gasteiger partial charge is 0.469 e. The number of anilines is 2. The summed E-state index contributed by atoms with van der Waals surface area (Å²) < 4.78 is 5.22. The summed E-state index contributed by atoms with van der Waals surface area (Å²) in [5.74, 6) is 1.23. The van der Waals surface area contributed by atoms with Gasteiger partial charge >= 0.3 is 0 Å². The summed E-state index contributed by atoms with van der Waals surface area (Å²) in [4.78, 5) is 3.89. The Balaban J connectivity index is 2.29. The average molecular weight is 189 g/mol. The Morgan fingerprint density at radius 1 is 1.29 bits per heavy atom. The molecule has 2 aromatic heterocycles. The Morgan fingerprint density at radius 2 is 2.14 bits per heavy atom. The fraction of sp³-hybridized carbons (Fsp3) is 0.100. The summed E-state index contributed by atoms with van der Waals surface area (Å²) >= 11 is 0. The van der Waals surface area contributed by atoms with Crippen molar-refractivity contribution in [3.8, 4) is 0 Å². The lowest BCUT2D eigenvalue weighted by Crippen LogP contribution is -2.02. The Hall–Kier alpha value is -1.97. The zero-order chi connectivity index (χ0) is 9.97. The van der Waals surface area contributed by atoms with Gasteiger partial charge < -0.3 is 15.9 Å². The minimum absolute atomic E-state index is 0.369. The first-order valence-corrected chi connectivity index (χ1v) is 4.28. The monoisotopic (exact) mass is 189 g/mol. The highest BCUT2D eigenvalue weighted by atomic mass is 16.3. The van der Waals surface area contributed by atoms with Crippen molar-refractivity contribution >= 4 is 11.5 Å². The Morgan fingerprint density at radius 3 is 2.86 bits per heavy atom. The number of hydrogen-bond donors (Lipinski definition) is 2. The van der Waals surface area contributed by atoms with E-state index in [0.717, 1.165) is 11.3 Å². The number of aromatic nitrogens is 1. The smallest absolute Gasteiger partial charge is 0.146 e. The molecule has 0 atom stereocenters.